The molecule has 1 heterocycles. The summed E-state index contributed by atoms with van der Waals surface area (Å²) in [6.45, 7) is 3.24. The van der Waals surface area contributed by atoms with Gasteiger partial charge in [-0.1, -0.05) is 17.3 Å². The number of carbonyl (C=O) groups excluding carboxylic acids is 2. The van der Waals surface area contributed by atoms with Crippen LogP contribution < -0.4 is 10.6 Å². The molecule has 0 saturated carbocycles. The molecule has 0 spiro atoms. The minimum Gasteiger partial charge on any atom is -0.361 e. The fourth-order valence-electron chi connectivity index (χ4n) is 1.83. The zero-order valence-corrected chi connectivity index (χ0v) is 12.2. The number of nitrogens with one attached hydrogen (secondary N) is 2. The first-order chi connectivity index (χ1) is 10.5. The van der Waals surface area contributed by atoms with Crippen molar-refractivity contribution in [2.24, 2.45) is 0 Å². The van der Waals surface area contributed by atoms with Crippen LogP contribution in [-0.2, 0) is 16.0 Å². The molecule has 1 aromatic heterocycles. The van der Waals surface area contributed by atoms with Gasteiger partial charge in [0.15, 0.2) is 0 Å². The first kappa shape index (κ1) is 15.7. The van der Waals surface area contributed by atoms with Gasteiger partial charge in [0.05, 0.1) is 17.8 Å². The number of para-hydroxylation sites is 1. The third kappa shape index (κ3) is 4.15. The van der Waals surface area contributed by atoms with Gasteiger partial charge in [-0.25, -0.2) is 4.39 Å². The number of hydrogen-bond donors (Lipinski definition) is 2. The summed E-state index contributed by atoms with van der Waals surface area (Å²) in [4.78, 5) is 23.7. The summed E-state index contributed by atoms with van der Waals surface area (Å²) in [6, 6.07) is 6.65. The van der Waals surface area contributed by atoms with E-state index in [4.69, 9.17) is 4.52 Å². The van der Waals surface area contributed by atoms with Gasteiger partial charge in [0.25, 0.3) is 0 Å². The van der Waals surface area contributed by atoms with Gasteiger partial charge in [0.2, 0.25) is 11.8 Å². The molecule has 0 bridgehead atoms. The van der Waals surface area contributed by atoms with Crippen molar-refractivity contribution in [1.29, 1.82) is 0 Å². The van der Waals surface area contributed by atoms with Crippen molar-refractivity contribution < 1.29 is 18.5 Å². The SMILES string of the molecule is Cc1cc(CC(=O)NC(C)C(=O)Nc2ccccc2F)no1. The van der Waals surface area contributed by atoms with Crippen molar-refractivity contribution >= 4 is 17.5 Å². The molecule has 0 radical (unpaired) electrons. The van der Waals surface area contributed by atoms with E-state index in [-0.39, 0.29) is 18.0 Å². The maximum atomic E-state index is 13.4. The second kappa shape index (κ2) is 6.84. The van der Waals surface area contributed by atoms with Crippen molar-refractivity contribution in [2.75, 3.05) is 5.32 Å². The van der Waals surface area contributed by atoms with Gasteiger partial charge >= 0.3 is 0 Å². The molecule has 7 heteroatoms. The number of anilines is 1. The van der Waals surface area contributed by atoms with E-state index in [2.05, 4.69) is 15.8 Å². The Kier molecular flexibility index (Phi) is 4.88. The van der Waals surface area contributed by atoms with Gasteiger partial charge in [0, 0.05) is 6.07 Å². The Balaban J connectivity index is 1.88. The average molecular weight is 305 g/mol. The van der Waals surface area contributed by atoms with E-state index >= 15 is 0 Å². The molecule has 0 aliphatic carbocycles. The molecule has 1 unspecified atom stereocenters. The second-order valence-electron chi connectivity index (χ2n) is 4.86. The highest BCUT2D eigenvalue weighted by Gasteiger charge is 2.17. The van der Waals surface area contributed by atoms with Crippen LogP contribution in [0, 0.1) is 12.7 Å². The highest BCUT2D eigenvalue weighted by molar-refractivity contribution is 5.97. The molecule has 1 atom stereocenters. The predicted octanol–water partition coefficient (Wildman–Crippen LogP) is 1.81. The standard InChI is InChI=1S/C15H16FN3O3/c1-9-7-11(19-22-9)8-14(20)17-10(2)15(21)18-13-6-4-3-5-12(13)16/h3-7,10H,8H2,1-2H3,(H,17,20)(H,18,21). The van der Waals surface area contributed by atoms with Gasteiger partial charge in [-0.15, -0.1) is 0 Å². The number of rotatable bonds is 5. The van der Waals surface area contributed by atoms with Gasteiger partial charge in [-0.3, -0.25) is 9.59 Å². The van der Waals surface area contributed by atoms with Crippen LogP contribution in [-0.4, -0.2) is 23.0 Å². The summed E-state index contributed by atoms with van der Waals surface area (Å²) in [5.41, 5.74) is 0.553. The molecule has 2 rings (SSSR count). The molecule has 2 amide bonds. The molecular weight excluding hydrogens is 289 g/mol. The van der Waals surface area contributed by atoms with Crippen LogP contribution in [0.5, 0.6) is 0 Å². The van der Waals surface area contributed by atoms with Gasteiger partial charge in [-0.2, -0.15) is 0 Å². The lowest BCUT2D eigenvalue weighted by molar-refractivity contribution is -0.125. The minimum atomic E-state index is -0.805. The lowest BCUT2D eigenvalue weighted by Gasteiger charge is -2.14. The quantitative estimate of drug-likeness (QED) is 0.882. The molecule has 116 valence electrons. The van der Waals surface area contributed by atoms with Crippen molar-refractivity contribution in [3.8, 4) is 0 Å². The minimum absolute atomic E-state index is 0.00859. The summed E-state index contributed by atoms with van der Waals surface area (Å²) in [7, 11) is 0. The fraction of sp³-hybridized carbons (Fsp3) is 0.267. The van der Waals surface area contributed by atoms with Crippen LogP contribution in [0.4, 0.5) is 10.1 Å². The Labute approximate surface area is 126 Å². The number of halogens is 1. The first-order valence-corrected chi connectivity index (χ1v) is 6.72. The summed E-state index contributed by atoms with van der Waals surface area (Å²) >= 11 is 0. The monoisotopic (exact) mass is 305 g/mol. The molecule has 2 N–H and O–H groups in total. The van der Waals surface area contributed by atoms with Crippen LogP contribution in [0.3, 0.4) is 0 Å². The van der Waals surface area contributed by atoms with E-state index in [1.807, 2.05) is 0 Å². The van der Waals surface area contributed by atoms with E-state index in [0.29, 0.717) is 11.5 Å². The summed E-state index contributed by atoms with van der Waals surface area (Å²) < 4.78 is 18.3. The van der Waals surface area contributed by atoms with Crippen LogP contribution >= 0.6 is 0 Å². The Hall–Kier alpha value is -2.70. The van der Waals surface area contributed by atoms with Crippen molar-refractivity contribution in [3.63, 3.8) is 0 Å². The van der Waals surface area contributed by atoms with Crippen LogP contribution in [0.2, 0.25) is 0 Å². The summed E-state index contributed by atoms with van der Waals surface area (Å²) in [5.74, 6) is -0.806. The molecule has 0 saturated heterocycles. The Morgan fingerprint density at radius 2 is 2.09 bits per heavy atom. The Bertz CT molecular complexity index is 684. The maximum absolute atomic E-state index is 13.4. The zero-order valence-electron chi connectivity index (χ0n) is 12.2. The number of amides is 2. The van der Waals surface area contributed by atoms with E-state index in [1.54, 1.807) is 19.1 Å². The van der Waals surface area contributed by atoms with Crippen LogP contribution in [0.1, 0.15) is 18.4 Å². The van der Waals surface area contributed by atoms with Gasteiger partial charge in [0.1, 0.15) is 17.6 Å². The molecule has 2 aromatic rings. The van der Waals surface area contributed by atoms with Gasteiger partial charge in [-0.05, 0) is 26.0 Å². The fourth-order valence-corrected chi connectivity index (χ4v) is 1.83. The Morgan fingerprint density at radius 1 is 1.36 bits per heavy atom. The number of carbonyl (C=O) groups is 2. The topological polar surface area (TPSA) is 84.2 Å². The number of nitrogens with zero attached hydrogens (tertiary/aromatic N) is 1. The normalized spacial score (nSPS) is 11.8. The zero-order chi connectivity index (χ0) is 16.1. The highest BCUT2D eigenvalue weighted by Crippen LogP contribution is 2.12. The summed E-state index contributed by atoms with van der Waals surface area (Å²) in [6.07, 6.45) is 0.00859. The van der Waals surface area contributed by atoms with E-state index in [9.17, 15) is 14.0 Å². The predicted molar refractivity (Wildman–Crippen MR) is 77.6 cm³/mol. The summed E-state index contributed by atoms with van der Waals surface area (Å²) in [5, 5.41) is 8.64. The highest BCUT2D eigenvalue weighted by atomic mass is 19.1. The largest absolute Gasteiger partial charge is 0.361 e. The van der Waals surface area contributed by atoms with Crippen molar-refractivity contribution in [1.82, 2.24) is 10.5 Å². The van der Waals surface area contributed by atoms with E-state index in [1.165, 1.54) is 25.1 Å². The van der Waals surface area contributed by atoms with E-state index < -0.39 is 17.8 Å². The molecule has 0 fully saturated rings. The molecule has 0 aliphatic rings. The smallest absolute Gasteiger partial charge is 0.246 e. The maximum Gasteiger partial charge on any atom is 0.246 e. The number of aryl methyl sites for hydroxylation is 1. The van der Waals surface area contributed by atoms with Crippen molar-refractivity contribution in [2.45, 2.75) is 26.3 Å². The third-order valence-corrected chi connectivity index (χ3v) is 2.92. The second-order valence-corrected chi connectivity index (χ2v) is 4.86. The third-order valence-electron chi connectivity index (χ3n) is 2.92. The molecule has 0 aliphatic heterocycles. The lowest BCUT2D eigenvalue weighted by atomic mass is 10.2. The number of aromatic nitrogens is 1. The Morgan fingerprint density at radius 3 is 2.73 bits per heavy atom. The molecule has 6 nitrogen and oxygen atoms in total. The van der Waals surface area contributed by atoms with Gasteiger partial charge < -0.3 is 15.2 Å². The average Bonchev–Trinajstić information content (AvgIpc) is 2.86. The van der Waals surface area contributed by atoms with Crippen molar-refractivity contribution in [3.05, 3.63) is 47.6 Å². The van der Waals surface area contributed by atoms with E-state index in [0.717, 1.165) is 0 Å². The first-order valence-electron chi connectivity index (χ1n) is 6.72. The number of benzene rings is 1. The van der Waals surface area contributed by atoms with Crippen LogP contribution in [0.15, 0.2) is 34.9 Å². The lowest BCUT2D eigenvalue weighted by Crippen LogP contribution is -2.42. The molecule has 22 heavy (non-hydrogen) atoms. The van der Waals surface area contributed by atoms with Crippen LogP contribution in [0.25, 0.3) is 0 Å². The number of hydrogen-bond acceptors (Lipinski definition) is 4. The molecular formula is C15H16FN3O3. The molecule has 1 aromatic carbocycles.